The lowest BCUT2D eigenvalue weighted by Crippen LogP contribution is -2.53. The Hall–Kier alpha value is -2.59. The van der Waals surface area contributed by atoms with Crippen LogP contribution in [-0.2, 0) is 26.6 Å². The third-order valence-electron chi connectivity index (χ3n) is 10.1. The first-order valence-electron chi connectivity index (χ1n) is 15.9. The smallest absolute Gasteiger partial charge is 0.338 e. The van der Waals surface area contributed by atoms with Crippen molar-refractivity contribution in [3.63, 3.8) is 0 Å². The zero-order valence-corrected chi connectivity index (χ0v) is 28.6. The van der Waals surface area contributed by atoms with Crippen molar-refractivity contribution in [3.05, 3.63) is 70.3 Å². The van der Waals surface area contributed by atoms with Crippen molar-refractivity contribution in [1.82, 2.24) is 0 Å². The number of ether oxygens (including phenoxy) is 2. The van der Waals surface area contributed by atoms with Gasteiger partial charge >= 0.3 is 5.97 Å². The molecule has 0 bridgehead atoms. The Balaban J connectivity index is 1.47. The molecule has 10 heteroatoms. The van der Waals surface area contributed by atoms with Crippen LogP contribution in [0.15, 0.2) is 48.6 Å². The molecule has 1 aliphatic heterocycles. The lowest BCUT2D eigenvalue weighted by atomic mass is 9.58. The van der Waals surface area contributed by atoms with Gasteiger partial charge in [-0.05, 0) is 114 Å². The van der Waals surface area contributed by atoms with Crippen LogP contribution in [0.1, 0.15) is 88.2 Å². The Morgan fingerprint density at radius 1 is 1.24 bits per heavy atom. The van der Waals surface area contributed by atoms with E-state index in [1.165, 1.54) is 11.1 Å². The number of primary sulfonamides is 1. The van der Waals surface area contributed by atoms with Gasteiger partial charge in [-0.1, -0.05) is 36.7 Å². The van der Waals surface area contributed by atoms with Crippen LogP contribution in [0.4, 0.5) is 5.69 Å². The highest BCUT2D eigenvalue weighted by Gasteiger charge is 2.49. The van der Waals surface area contributed by atoms with Gasteiger partial charge in [0.05, 0.1) is 29.2 Å². The van der Waals surface area contributed by atoms with Gasteiger partial charge in [0, 0.05) is 28.9 Å². The molecule has 2 aromatic carbocycles. The molecule has 45 heavy (non-hydrogen) atoms. The molecular formula is C35H47ClN2O6S. The molecule has 1 spiro atoms. The number of fused-ring (bicyclic) bond motifs is 3. The minimum absolute atomic E-state index is 0.147. The fraction of sp³-hybridized carbons (Fsp3) is 0.571. The first-order chi connectivity index (χ1) is 21.0. The van der Waals surface area contributed by atoms with E-state index in [9.17, 15) is 18.3 Å². The van der Waals surface area contributed by atoms with E-state index in [1.807, 2.05) is 39.0 Å². The molecule has 0 saturated heterocycles. The Morgan fingerprint density at radius 3 is 2.67 bits per heavy atom. The number of carbonyl (C=O) groups excluding carboxylic acids is 1. The number of nitrogens with zero attached hydrogens (tertiary/aromatic N) is 1. The van der Waals surface area contributed by atoms with E-state index >= 15 is 0 Å². The third kappa shape index (κ3) is 7.22. The average Bonchev–Trinajstić information content (AvgIpc) is 3.10. The van der Waals surface area contributed by atoms with E-state index in [1.54, 1.807) is 25.1 Å². The SMILES string of the molecule is CC(C/C=C/C(O)[C@@]1(C)CC[C@@H]1CN1C[C@@]2(CCCc3cc(Cl)ccc32)COc2ccc(C(=O)OC(C)(C)C)cc21)S(N)(=O)=O. The van der Waals surface area contributed by atoms with Crippen LogP contribution in [0, 0.1) is 11.3 Å². The number of benzene rings is 2. The Morgan fingerprint density at radius 2 is 2.00 bits per heavy atom. The molecule has 0 amide bonds. The molecule has 0 aromatic heterocycles. The summed E-state index contributed by atoms with van der Waals surface area (Å²) < 4.78 is 35.6. The Labute approximate surface area is 273 Å². The monoisotopic (exact) mass is 658 g/mol. The summed E-state index contributed by atoms with van der Waals surface area (Å²) in [6, 6.07) is 11.7. The van der Waals surface area contributed by atoms with E-state index < -0.39 is 32.4 Å². The van der Waals surface area contributed by atoms with E-state index in [0.717, 1.165) is 48.6 Å². The highest BCUT2D eigenvalue weighted by Crippen LogP contribution is 2.52. The summed E-state index contributed by atoms with van der Waals surface area (Å²) in [5, 5.41) is 16.6. The molecule has 1 saturated carbocycles. The number of carbonyl (C=O) groups is 1. The van der Waals surface area contributed by atoms with Gasteiger partial charge in [0.25, 0.3) is 0 Å². The van der Waals surface area contributed by atoms with Crippen LogP contribution in [0.2, 0.25) is 5.02 Å². The van der Waals surface area contributed by atoms with Crippen molar-refractivity contribution >= 4 is 33.3 Å². The Kier molecular flexibility index (Phi) is 9.41. The minimum Gasteiger partial charge on any atom is -0.490 e. The van der Waals surface area contributed by atoms with E-state index in [2.05, 4.69) is 24.0 Å². The van der Waals surface area contributed by atoms with Crippen LogP contribution >= 0.6 is 11.6 Å². The van der Waals surface area contributed by atoms with E-state index in [0.29, 0.717) is 25.3 Å². The van der Waals surface area contributed by atoms with Gasteiger partial charge in [-0.15, -0.1) is 0 Å². The zero-order valence-electron chi connectivity index (χ0n) is 27.0. The number of sulfonamides is 1. The molecule has 1 fully saturated rings. The summed E-state index contributed by atoms with van der Waals surface area (Å²) in [4.78, 5) is 15.5. The number of esters is 1. The van der Waals surface area contributed by atoms with E-state index in [4.69, 9.17) is 26.2 Å². The molecular weight excluding hydrogens is 612 g/mol. The number of rotatable bonds is 8. The van der Waals surface area contributed by atoms with Crippen molar-refractivity contribution in [2.75, 3.05) is 24.6 Å². The van der Waals surface area contributed by atoms with Gasteiger partial charge in [0.2, 0.25) is 10.0 Å². The largest absolute Gasteiger partial charge is 0.490 e. The number of nitrogens with two attached hydrogens (primary N) is 1. The Bertz CT molecular complexity index is 1570. The zero-order chi connectivity index (χ0) is 32.8. The minimum atomic E-state index is -3.64. The number of hydrogen-bond acceptors (Lipinski definition) is 7. The molecule has 3 aliphatic rings. The van der Waals surface area contributed by atoms with E-state index in [-0.39, 0.29) is 23.7 Å². The second-order valence-electron chi connectivity index (χ2n) is 14.5. The summed E-state index contributed by atoms with van der Waals surface area (Å²) in [5.41, 5.74) is 2.52. The first-order valence-corrected chi connectivity index (χ1v) is 17.9. The highest BCUT2D eigenvalue weighted by atomic mass is 35.5. The van der Waals surface area contributed by atoms with Crippen molar-refractivity contribution in [1.29, 1.82) is 0 Å². The van der Waals surface area contributed by atoms with Gasteiger partial charge in [-0.25, -0.2) is 18.4 Å². The molecule has 5 atom stereocenters. The topological polar surface area (TPSA) is 119 Å². The summed E-state index contributed by atoms with van der Waals surface area (Å²) in [6.45, 7) is 11.1. The molecule has 0 radical (unpaired) electrons. The standard InChI is InChI=1S/C35H47ClN2O6S/c1-23(45(37,41)42)8-6-10-31(39)34(5)17-15-26(34)20-38-21-35(16-7-9-24-18-27(36)12-13-28(24)35)22-43-30-14-11-25(19-29(30)38)32(40)44-33(2,3)4/h6,10-14,18-19,23,26,31,39H,7-9,15-17,20-22H2,1-5H3,(H2,37,41,42)/b10-6+/t23?,26-,31?,34+,35+/m1/s1. The molecule has 2 aromatic rings. The number of allylic oxidation sites excluding steroid dienone is 1. The predicted molar refractivity (Wildman–Crippen MR) is 179 cm³/mol. The maximum atomic E-state index is 13.1. The van der Waals surface area contributed by atoms with Crippen LogP contribution in [0.5, 0.6) is 5.75 Å². The molecule has 3 N–H and O–H groups in total. The lowest BCUT2D eigenvalue weighted by Gasteiger charge is -2.52. The first kappa shape index (κ1) is 33.8. The van der Waals surface area contributed by atoms with Gasteiger partial charge in [-0.3, -0.25) is 0 Å². The normalized spacial score (nSPS) is 26.3. The van der Waals surface area contributed by atoms with Gasteiger partial charge in [0.1, 0.15) is 11.4 Å². The predicted octanol–water partition coefficient (Wildman–Crippen LogP) is 6.17. The van der Waals surface area contributed by atoms with Gasteiger partial charge < -0.3 is 19.5 Å². The second-order valence-corrected chi connectivity index (χ2v) is 17.0. The highest BCUT2D eigenvalue weighted by molar-refractivity contribution is 7.89. The summed E-state index contributed by atoms with van der Waals surface area (Å²) in [5.74, 6) is 0.484. The molecule has 8 nitrogen and oxygen atoms in total. The summed E-state index contributed by atoms with van der Waals surface area (Å²) in [6.07, 6.45) is 7.67. The van der Waals surface area contributed by atoms with Crippen LogP contribution in [0.25, 0.3) is 0 Å². The van der Waals surface area contributed by atoms with Crippen molar-refractivity contribution in [2.24, 2.45) is 16.5 Å². The van der Waals surface area contributed by atoms with Crippen molar-refractivity contribution in [3.8, 4) is 5.75 Å². The van der Waals surface area contributed by atoms with Gasteiger partial charge in [-0.2, -0.15) is 0 Å². The molecule has 1 heterocycles. The lowest BCUT2D eigenvalue weighted by molar-refractivity contribution is -0.0469. The second kappa shape index (κ2) is 12.5. The van der Waals surface area contributed by atoms with Gasteiger partial charge in [0.15, 0.2) is 0 Å². The molecule has 2 unspecified atom stereocenters. The van der Waals surface area contributed by atoms with Crippen molar-refractivity contribution in [2.45, 2.75) is 95.5 Å². The summed E-state index contributed by atoms with van der Waals surface area (Å²) in [7, 11) is -3.64. The number of aliphatic hydroxyl groups is 1. The fourth-order valence-electron chi connectivity index (χ4n) is 7.09. The number of halogens is 1. The fourth-order valence-corrected chi connectivity index (χ4v) is 7.66. The molecule has 2 aliphatic carbocycles. The molecule has 5 rings (SSSR count). The third-order valence-corrected chi connectivity index (χ3v) is 11.6. The number of aryl methyl sites for hydroxylation is 1. The number of hydrogen-bond donors (Lipinski definition) is 2. The van der Waals surface area contributed by atoms with Crippen LogP contribution < -0.4 is 14.8 Å². The van der Waals surface area contributed by atoms with Crippen molar-refractivity contribution < 1.29 is 27.8 Å². The maximum Gasteiger partial charge on any atom is 0.338 e. The molecule has 246 valence electrons. The maximum absolute atomic E-state index is 13.1. The quantitative estimate of drug-likeness (QED) is 0.257. The average molecular weight is 659 g/mol. The number of aliphatic hydroxyl groups excluding tert-OH is 1. The van der Waals surface area contributed by atoms with Crippen LogP contribution in [-0.4, -0.2) is 56.1 Å². The summed E-state index contributed by atoms with van der Waals surface area (Å²) >= 11 is 6.41. The number of anilines is 1. The van der Waals surface area contributed by atoms with Crippen LogP contribution in [0.3, 0.4) is 0 Å².